The number of benzene rings is 8. The molecule has 3 N–H and O–H groups in total. The minimum absolute atomic E-state index is 0.130. The first-order valence-electron chi connectivity index (χ1n) is 25.3. The molecule has 0 saturated carbocycles. The summed E-state index contributed by atoms with van der Waals surface area (Å²) in [6, 6.07) is 76.3. The van der Waals surface area contributed by atoms with Gasteiger partial charge in [0.1, 0.15) is 6.61 Å². The van der Waals surface area contributed by atoms with Crippen molar-refractivity contribution in [3.05, 3.63) is 275 Å². The Morgan fingerprint density at radius 2 is 0.838 bits per heavy atom. The van der Waals surface area contributed by atoms with Gasteiger partial charge in [-0.05, 0) is 62.1 Å². The van der Waals surface area contributed by atoms with E-state index in [0.717, 1.165) is 55.6 Å². The number of esters is 1. The van der Waals surface area contributed by atoms with Crippen LogP contribution in [0.3, 0.4) is 0 Å². The number of Topliss-reactive ketones (excluding diaryl/α,β-unsaturated/α-hetero) is 1. The van der Waals surface area contributed by atoms with Gasteiger partial charge in [-0.25, -0.2) is 0 Å². The highest BCUT2D eigenvalue weighted by Crippen LogP contribution is 2.51. The van der Waals surface area contributed by atoms with Crippen LogP contribution in [0, 0.1) is 11.8 Å². The molecular weight excluding hydrogens is 953 g/mol. The van der Waals surface area contributed by atoms with Crippen LogP contribution in [0.5, 0.6) is 0 Å². The third-order valence-electron chi connectivity index (χ3n) is 14.3. The van der Waals surface area contributed by atoms with E-state index in [4.69, 9.17) is 10.5 Å². The van der Waals surface area contributed by atoms with E-state index < -0.39 is 45.2 Å². The predicted molar refractivity (Wildman–Crippen MR) is 301 cm³/mol. The molecule has 74 heavy (non-hydrogen) atoms. The molecule has 1 aliphatic carbocycles. The minimum atomic E-state index is -1.08. The Morgan fingerprint density at radius 1 is 0.486 bits per heavy atom. The maximum absolute atomic E-state index is 15.3. The van der Waals surface area contributed by atoms with Crippen molar-refractivity contribution >= 4 is 47.1 Å². The van der Waals surface area contributed by atoms with Crippen LogP contribution in [0.25, 0.3) is 11.1 Å². The van der Waals surface area contributed by atoms with Gasteiger partial charge in [-0.1, -0.05) is 237 Å². The van der Waals surface area contributed by atoms with Gasteiger partial charge < -0.3 is 15.8 Å². The lowest BCUT2D eigenvalue weighted by molar-refractivity contribution is -0.147. The zero-order valence-corrected chi connectivity index (χ0v) is 43.1. The van der Waals surface area contributed by atoms with Gasteiger partial charge in [0.25, 0.3) is 0 Å². The van der Waals surface area contributed by atoms with E-state index in [9.17, 15) is 14.4 Å². The lowest BCUT2D eigenvalue weighted by Gasteiger charge is -2.37. The van der Waals surface area contributed by atoms with Crippen molar-refractivity contribution in [2.45, 2.75) is 47.6 Å². The fourth-order valence-corrected chi connectivity index (χ4v) is 13.6. The molecule has 8 aromatic rings. The van der Waals surface area contributed by atoms with Crippen molar-refractivity contribution in [2.24, 2.45) is 17.6 Å². The van der Waals surface area contributed by atoms with E-state index in [0.29, 0.717) is 6.42 Å². The fourth-order valence-electron chi connectivity index (χ4n) is 10.4. The van der Waals surface area contributed by atoms with E-state index in [2.05, 4.69) is 102 Å². The van der Waals surface area contributed by atoms with Crippen LogP contribution in [0.2, 0.25) is 0 Å². The SMILES string of the molecule is CC[C@@H](CC(=O)OCC1c2ccccc2-c2ccccc21)C(=O)N[C@H](CSC(c1ccccc1)(c1ccccc1)c1ccccc1)C(=O)C[C@H](CSC(c1ccccc1)(c1ccccc1)c1ccccc1)C(N)=O. The number of amides is 2. The highest BCUT2D eigenvalue weighted by atomic mass is 32.2. The number of carbonyl (C=O) groups excluding carboxylic acids is 4. The summed E-state index contributed by atoms with van der Waals surface area (Å²) in [7, 11) is 0. The monoisotopic (exact) mass is 1010 g/mol. The Kier molecular flexibility index (Phi) is 16.7. The molecule has 0 saturated heterocycles. The third-order valence-corrected chi connectivity index (χ3v) is 17.6. The van der Waals surface area contributed by atoms with Gasteiger partial charge in [-0.15, -0.1) is 23.5 Å². The highest BCUT2D eigenvalue weighted by molar-refractivity contribution is 8.01. The molecule has 7 nitrogen and oxygen atoms in total. The fraction of sp³-hybridized carbons (Fsp3) is 0.200. The topological polar surface area (TPSA) is 116 Å². The first-order valence-corrected chi connectivity index (χ1v) is 27.3. The lowest BCUT2D eigenvalue weighted by atomic mass is 9.84. The molecule has 0 unspecified atom stereocenters. The molecule has 372 valence electrons. The van der Waals surface area contributed by atoms with E-state index in [-0.39, 0.29) is 42.7 Å². The first-order chi connectivity index (χ1) is 36.2. The molecular formula is C65H60N2O5S2. The van der Waals surface area contributed by atoms with Crippen molar-refractivity contribution in [1.82, 2.24) is 5.32 Å². The van der Waals surface area contributed by atoms with Crippen LogP contribution in [0.4, 0.5) is 0 Å². The summed E-state index contributed by atoms with van der Waals surface area (Å²) >= 11 is 3.11. The molecule has 0 radical (unpaired) electrons. The van der Waals surface area contributed by atoms with Crippen LogP contribution >= 0.6 is 23.5 Å². The number of nitrogens with two attached hydrogens (primary N) is 1. The maximum Gasteiger partial charge on any atom is 0.306 e. The number of primary amides is 1. The Morgan fingerprint density at radius 3 is 1.20 bits per heavy atom. The number of nitrogens with one attached hydrogen (secondary N) is 1. The van der Waals surface area contributed by atoms with Crippen LogP contribution < -0.4 is 11.1 Å². The molecule has 0 bridgehead atoms. The predicted octanol–water partition coefficient (Wildman–Crippen LogP) is 12.8. The summed E-state index contributed by atoms with van der Waals surface area (Å²) in [6.07, 6.45) is -0.0664. The van der Waals surface area contributed by atoms with Crippen LogP contribution in [-0.4, -0.2) is 47.7 Å². The van der Waals surface area contributed by atoms with Crippen molar-refractivity contribution in [2.75, 3.05) is 18.1 Å². The van der Waals surface area contributed by atoms with E-state index >= 15 is 4.79 Å². The van der Waals surface area contributed by atoms with Crippen molar-refractivity contribution in [3.63, 3.8) is 0 Å². The normalized spacial score (nSPS) is 13.4. The number of rotatable bonds is 23. The van der Waals surface area contributed by atoms with E-state index in [1.165, 1.54) is 0 Å². The second-order valence-corrected chi connectivity index (χ2v) is 21.2. The molecule has 3 atom stereocenters. The number of thioether (sulfide) groups is 2. The molecule has 1 aliphatic rings. The molecule has 0 aromatic heterocycles. The molecule has 2 amide bonds. The zero-order valence-electron chi connectivity index (χ0n) is 41.4. The van der Waals surface area contributed by atoms with Crippen LogP contribution in [-0.2, 0) is 33.4 Å². The maximum atomic E-state index is 15.3. The van der Waals surface area contributed by atoms with Gasteiger partial charge in [-0.2, -0.15) is 0 Å². The quantitative estimate of drug-likeness (QED) is 0.0484. The zero-order chi connectivity index (χ0) is 51.3. The van der Waals surface area contributed by atoms with Gasteiger partial charge in [0, 0.05) is 29.8 Å². The number of fused-ring (bicyclic) bond motifs is 3. The molecule has 0 heterocycles. The summed E-state index contributed by atoms with van der Waals surface area (Å²) in [5.74, 6) is -3.37. The Bertz CT molecular complexity index is 2900. The average Bonchev–Trinajstić information content (AvgIpc) is 3.78. The standard InChI is InChI=1S/C65H60N2O5S2/c1-2-46(42-61(69)72-43-58-56-39-23-21-37-54(56)55-38-22-24-40-57(55)58)63(71)67-59(45-74-65(51-31-15-6-16-32-51,52-33-17-7-18-34-52)53-35-19-8-20-36-53)60(68)41-47(62(66)70)44-73-64(48-25-9-3-10-26-48,49-27-11-4-12-28-49)50-29-13-5-14-30-50/h3-40,46-47,58-59H,2,41-45H2,1H3,(H2,66,70)(H,67,71)/t46-,47+,59+/m0/s1. The third kappa shape index (κ3) is 11.1. The molecule has 0 spiro atoms. The van der Waals surface area contributed by atoms with Gasteiger partial charge in [0.15, 0.2) is 5.78 Å². The molecule has 0 fully saturated rings. The minimum Gasteiger partial charge on any atom is -0.465 e. The van der Waals surface area contributed by atoms with Gasteiger partial charge >= 0.3 is 5.97 Å². The Labute approximate surface area is 443 Å². The summed E-state index contributed by atoms with van der Waals surface area (Å²) in [6.45, 7) is 1.99. The van der Waals surface area contributed by atoms with Crippen molar-refractivity contribution in [1.29, 1.82) is 0 Å². The second kappa shape index (κ2) is 24.1. The average molecular weight is 1010 g/mol. The van der Waals surface area contributed by atoms with Crippen LogP contribution in [0.1, 0.15) is 76.6 Å². The van der Waals surface area contributed by atoms with Crippen LogP contribution in [0.15, 0.2) is 231 Å². The van der Waals surface area contributed by atoms with Crippen molar-refractivity contribution < 1.29 is 23.9 Å². The molecule has 9 rings (SSSR count). The van der Waals surface area contributed by atoms with Gasteiger partial charge in [-0.3, -0.25) is 19.2 Å². The molecule has 0 aliphatic heterocycles. The summed E-state index contributed by atoms with van der Waals surface area (Å²) < 4.78 is 4.41. The number of hydrogen-bond acceptors (Lipinski definition) is 7. The molecule has 9 heteroatoms. The Hall–Kier alpha value is -7.46. The smallest absolute Gasteiger partial charge is 0.306 e. The first kappa shape index (κ1) is 51.4. The number of ether oxygens (including phenoxy) is 1. The highest BCUT2D eigenvalue weighted by Gasteiger charge is 2.42. The van der Waals surface area contributed by atoms with Crippen molar-refractivity contribution in [3.8, 4) is 11.1 Å². The van der Waals surface area contributed by atoms with Gasteiger partial charge in [0.2, 0.25) is 11.8 Å². The number of hydrogen-bond donors (Lipinski definition) is 2. The number of carbonyl (C=O) groups is 4. The van der Waals surface area contributed by atoms with Gasteiger partial charge in [0.05, 0.1) is 27.9 Å². The lowest BCUT2D eigenvalue weighted by Crippen LogP contribution is -2.47. The Balaban J connectivity index is 1.02. The second-order valence-electron chi connectivity index (χ2n) is 18.7. The summed E-state index contributed by atoms with van der Waals surface area (Å²) in [5.41, 5.74) is 16.8. The van der Waals surface area contributed by atoms with E-state index in [1.807, 2.05) is 140 Å². The summed E-state index contributed by atoms with van der Waals surface area (Å²) in [5, 5.41) is 3.14. The summed E-state index contributed by atoms with van der Waals surface area (Å²) in [4.78, 5) is 57.6. The number of ketones is 1. The van der Waals surface area contributed by atoms with E-state index in [1.54, 1.807) is 23.5 Å². The molecule has 8 aromatic carbocycles. The largest absolute Gasteiger partial charge is 0.465 e.